The number of rotatable bonds is 10. The summed E-state index contributed by atoms with van der Waals surface area (Å²) in [6.07, 6.45) is 7.87. The van der Waals surface area contributed by atoms with Gasteiger partial charge >= 0.3 is 0 Å². The molecule has 0 saturated carbocycles. The van der Waals surface area contributed by atoms with E-state index >= 15 is 0 Å². The van der Waals surface area contributed by atoms with Gasteiger partial charge < -0.3 is 10.0 Å². The lowest BCUT2D eigenvalue weighted by Crippen LogP contribution is -2.44. The lowest BCUT2D eigenvalue weighted by Gasteiger charge is -2.36. The van der Waals surface area contributed by atoms with Gasteiger partial charge in [0, 0.05) is 25.4 Å². The van der Waals surface area contributed by atoms with Crippen molar-refractivity contribution in [2.45, 2.75) is 104 Å². The summed E-state index contributed by atoms with van der Waals surface area (Å²) in [4.78, 5) is 15.7. The average molecular weight is 444 g/mol. The minimum Gasteiger partial charge on any atom is -0.393 e. The van der Waals surface area contributed by atoms with Gasteiger partial charge in [0.25, 0.3) is 0 Å². The van der Waals surface area contributed by atoms with Gasteiger partial charge in [0.2, 0.25) is 5.91 Å². The molecule has 1 N–H and O–H groups in total. The first-order valence-corrected chi connectivity index (χ1v) is 12.2. The molecule has 1 aliphatic rings. The molecule has 1 amide bonds. The third-order valence-corrected chi connectivity index (χ3v) is 5.71. The standard InChI is InChI=1S/C18H27NO2.C7H14N4/c1-2-13-19-16(9-6-10-18(19)21)11-12-17(20)14-15-7-4-3-5-8-15;1-4-5-7-8-10-11(9-7)6(2)3/h3-5,7-8,16-17,20H,2,6,9-14H2,1H3;6H,4-5H2,1-3H3. The number of piperidine rings is 1. The number of aliphatic hydroxyl groups excluding tert-OH is 1. The summed E-state index contributed by atoms with van der Waals surface area (Å²) >= 11 is 0. The van der Waals surface area contributed by atoms with Gasteiger partial charge in [-0.2, -0.15) is 4.80 Å². The molecule has 0 radical (unpaired) electrons. The predicted molar refractivity (Wildman–Crippen MR) is 127 cm³/mol. The van der Waals surface area contributed by atoms with E-state index in [1.807, 2.05) is 36.9 Å². The normalized spacial score (nSPS) is 17.2. The fraction of sp³-hybridized carbons (Fsp3) is 0.680. The van der Waals surface area contributed by atoms with E-state index in [4.69, 9.17) is 0 Å². The number of carbonyl (C=O) groups is 1. The Hall–Kier alpha value is -2.28. The van der Waals surface area contributed by atoms with Crippen molar-refractivity contribution in [2.75, 3.05) is 6.54 Å². The van der Waals surface area contributed by atoms with E-state index in [1.54, 1.807) is 4.80 Å². The van der Waals surface area contributed by atoms with Gasteiger partial charge in [-0.05, 0) is 69.6 Å². The van der Waals surface area contributed by atoms with Crippen LogP contribution < -0.4 is 0 Å². The maximum atomic E-state index is 12.0. The van der Waals surface area contributed by atoms with Gasteiger partial charge in [-0.1, -0.05) is 44.2 Å². The minimum absolute atomic E-state index is 0.297. The molecular weight excluding hydrogens is 402 g/mol. The fourth-order valence-electron chi connectivity index (χ4n) is 4.01. The second kappa shape index (κ2) is 14.0. The molecule has 178 valence electrons. The van der Waals surface area contributed by atoms with E-state index < -0.39 is 0 Å². The molecule has 1 fully saturated rings. The second-order valence-electron chi connectivity index (χ2n) is 8.92. The summed E-state index contributed by atoms with van der Waals surface area (Å²) in [6.45, 7) is 9.16. The lowest BCUT2D eigenvalue weighted by atomic mass is 9.94. The minimum atomic E-state index is -0.312. The van der Waals surface area contributed by atoms with E-state index in [9.17, 15) is 9.90 Å². The maximum absolute atomic E-state index is 12.0. The van der Waals surface area contributed by atoms with Crippen molar-refractivity contribution in [1.29, 1.82) is 0 Å². The van der Waals surface area contributed by atoms with Crippen LogP contribution in [-0.4, -0.2) is 54.8 Å². The van der Waals surface area contributed by atoms with E-state index in [2.05, 4.69) is 41.4 Å². The molecule has 7 heteroatoms. The average Bonchev–Trinajstić information content (AvgIpc) is 3.25. The number of aryl methyl sites for hydroxylation is 1. The van der Waals surface area contributed by atoms with Gasteiger partial charge in [0.05, 0.1) is 12.1 Å². The van der Waals surface area contributed by atoms with Crippen LogP contribution in [0.2, 0.25) is 0 Å². The van der Waals surface area contributed by atoms with Crippen molar-refractivity contribution in [1.82, 2.24) is 25.1 Å². The molecule has 1 aliphatic heterocycles. The third kappa shape index (κ3) is 8.69. The SMILES string of the molecule is CCCN1C(=O)CCCC1CCC(O)Cc1ccccc1.CCCc1nnn(C(C)C)n1. The molecule has 1 aromatic carbocycles. The van der Waals surface area contributed by atoms with Gasteiger partial charge in [-0.3, -0.25) is 4.79 Å². The molecule has 2 heterocycles. The zero-order valence-corrected chi connectivity index (χ0v) is 20.3. The summed E-state index contributed by atoms with van der Waals surface area (Å²) in [7, 11) is 0. The Morgan fingerprint density at radius 2 is 1.91 bits per heavy atom. The zero-order valence-electron chi connectivity index (χ0n) is 20.3. The number of aromatic nitrogens is 4. The number of nitrogens with zero attached hydrogens (tertiary/aromatic N) is 5. The molecule has 2 unspecified atom stereocenters. The molecule has 0 spiro atoms. The fourth-order valence-corrected chi connectivity index (χ4v) is 4.01. The number of tetrazole rings is 1. The zero-order chi connectivity index (χ0) is 23.3. The van der Waals surface area contributed by atoms with E-state index in [-0.39, 0.29) is 6.10 Å². The van der Waals surface area contributed by atoms with Crippen LogP contribution in [0.3, 0.4) is 0 Å². The first-order chi connectivity index (χ1) is 15.4. The van der Waals surface area contributed by atoms with Crippen LogP contribution in [-0.2, 0) is 17.6 Å². The van der Waals surface area contributed by atoms with Crippen LogP contribution in [0.5, 0.6) is 0 Å². The van der Waals surface area contributed by atoms with Crippen molar-refractivity contribution >= 4 is 5.91 Å². The number of carbonyl (C=O) groups excluding carboxylic acids is 1. The number of likely N-dealkylation sites (tertiary alicyclic amines) is 1. The highest BCUT2D eigenvalue weighted by Gasteiger charge is 2.27. The largest absolute Gasteiger partial charge is 0.393 e. The Bertz CT molecular complexity index is 778. The molecule has 7 nitrogen and oxygen atoms in total. The van der Waals surface area contributed by atoms with E-state index in [1.165, 1.54) is 5.56 Å². The van der Waals surface area contributed by atoms with Crippen molar-refractivity contribution in [2.24, 2.45) is 0 Å². The molecule has 1 saturated heterocycles. The smallest absolute Gasteiger partial charge is 0.222 e. The quantitative estimate of drug-likeness (QED) is 0.589. The van der Waals surface area contributed by atoms with Crippen molar-refractivity contribution in [3.63, 3.8) is 0 Å². The molecular formula is C25H41N5O2. The maximum Gasteiger partial charge on any atom is 0.222 e. The summed E-state index contributed by atoms with van der Waals surface area (Å²) in [5.41, 5.74) is 1.18. The number of aliphatic hydroxyl groups is 1. The Morgan fingerprint density at radius 1 is 1.16 bits per heavy atom. The molecule has 0 bridgehead atoms. The molecule has 1 aromatic heterocycles. The van der Waals surface area contributed by atoms with Crippen LogP contribution in [0.1, 0.15) is 90.1 Å². The van der Waals surface area contributed by atoms with Crippen LogP contribution in [0, 0.1) is 0 Å². The Balaban J connectivity index is 0.000000278. The van der Waals surface area contributed by atoms with Crippen LogP contribution >= 0.6 is 0 Å². The van der Waals surface area contributed by atoms with Crippen molar-refractivity contribution in [3.8, 4) is 0 Å². The Labute approximate surface area is 193 Å². The van der Waals surface area contributed by atoms with E-state index in [0.29, 0.717) is 30.8 Å². The third-order valence-electron chi connectivity index (χ3n) is 5.71. The second-order valence-corrected chi connectivity index (χ2v) is 8.92. The highest BCUT2D eigenvalue weighted by atomic mass is 16.3. The Morgan fingerprint density at radius 3 is 2.53 bits per heavy atom. The summed E-state index contributed by atoms with van der Waals surface area (Å²) in [6, 6.07) is 10.7. The highest BCUT2D eigenvalue weighted by molar-refractivity contribution is 5.77. The number of hydrogen-bond donors (Lipinski definition) is 1. The van der Waals surface area contributed by atoms with Gasteiger partial charge in [-0.25, -0.2) is 0 Å². The molecule has 3 rings (SSSR count). The van der Waals surface area contributed by atoms with Crippen LogP contribution in [0.4, 0.5) is 0 Å². The van der Waals surface area contributed by atoms with E-state index in [0.717, 1.165) is 57.3 Å². The number of benzene rings is 1. The monoisotopic (exact) mass is 443 g/mol. The first-order valence-electron chi connectivity index (χ1n) is 12.2. The Kier molecular flexibility index (Phi) is 11.4. The molecule has 0 aliphatic carbocycles. The molecule has 32 heavy (non-hydrogen) atoms. The summed E-state index contributed by atoms with van der Waals surface area (Å²) < 4.78 is 0. The molecule has 2 atom stereocenters. The summed E-state index contributed by atoms with van der Waals surface area (Å²) in [5.74, 6) is 1.15. The van der Waals surface area contributed by atoms with Crippen molar-refractivity contribution in [3.05, 3.63) is 41.7 Å². The van der Waals surface area contributed by atoms with Crippen LogP contribution in [0.15, 0.2) is 30.3 Å². The van der Waals surface area contributed by atoms with Gasteiger partial charge in [0.15, 0.2) is 5.82 Å². The lowest BCUT2D eigenvalue weighted by molar-refractivity contribution is -0.136. The first kappa shape index (κ1) is 26.0. The molecule has 2 aromatic rings. The van der Waals surface area contributed by atoms with Gasteiger partial charge in [-0.15, -0.1) is 10.2 Å². The topological polar surface area (TPSA) is 84.1 Å². The van der Waals surface area contributed by atoms with Gasteiger partial charge in [0.1, 0.15) is 0 Å². The van der Waals surface area contributed by atoms with Crippen molar-refractivity contribution < 1.29 is 9.90 Å². The predicted octanol–water partition coefficient (Wildman–Crippen LogP) is 4.37. The number of hydrogen-bond acceptors (Lipinski definition) is 5. The summed E-state index contributed by atoms with van der Waals surface area (Å²) in [5, 5.41) is 22.2. The highest BCUT2D eigenvalue weighted by Crippen LogP contribution is 2.23. The van der Waals surface area contributed by atoms with Crippen LogP contribution in [0.25, 0.3) is 0 Å². The number of amides is 1.